The first-order valence-corrected chi connectivity index (χ1v) is 13.6. The van der Waals surface area contributed by atoms with Crippen LogP contribution >= 0.6 is 0 Å². The second-order valence-corrected chi connectivity index (χ2v) is 10.4. The number of ether oxygens (including phenoxy) is 1. The van der Waals surface area contributed by atoms with Gasteiger partial charge in [0.15, 0.2) is 11.6 Å². The van der Waals surface area contributed by atoms with Crippen molar-refractivity contribution in [3.8, 4) is 0 Å². The lowest BCUT2D eigenvalue weighted by Crippen LogP contribution is -2.54. The van der Waals surface area contributed by atoms with E-state index in [1.807, 2.05) is 0 Å². The van der Waals surface area contributed by atoms with Gasteiger partial charge < -0.3 is 19.9 Å². The molecule has 0 spiro atoms. The molecule has 14 nitrogen and oxygen atoms in total. The number of hydrogen-bond donors (Lipinski definition) is 1. The van der Waals surface area contributed by atoms with Crippen molar-refractivity contribution in [3.63, 3.8) is 0 Å². The Hall–Kier alpha value is -5.15. The summed E-state index contributed by atoms with van der Waals surface area (Å²) >= 11 is 0. The molecule has 6 rings (SSSR count). The Morgan fingerprint density at radius 3 is 2.56 bits per heavy atom. The van der Waals surface area contributed by atoms with Crippen LogP contribution in [0.5, 0.6) is 0 Å². The predicted molar refractivity (Wildman–Crippen MR) is 147 cm³/mol. The van der Waals surface area contributed by atoms with Crippen molar-refractivity contribution in [2.24, 2.45) is 0 Å². The molecule has 3 aromatic heterocycles. The number of benzene rings is 1. The zero-order valence-electron chi connectivity index (χ0n) is 23.4. The monoisotopic (exact) mass is 594 g/mol. The summed E-state index contributed by atoms with van der Waals surface area (Å²) in [5.41, 5.74) is 0.644. The first-order chi connectivity index (χ1) is 20.7. The van der Waals surface area contributed by atoms with Crippen LogP contribution in [0.2, 0.25) is 0 Å². The topological polar surface area (TPSA) is 143 Å². The molecule has 4 aromatic rings. The smallest absolute Gasteiger partial charge is 0.414 e. The quantitative estimate of drug-likeness (QED) is 0.336. The average Bonchev–Trinajstić information content (AvgIpc) is 3.70. The van der Waals surface area contributed by atoms with Crippen LogP contribution in [0.4, 0.5) is 25.0 Å². The lowest BCUT2D eigenvalue weighted by Gasteiger charge is -2.37. The summed E-state index contributed by atoms with van der Waals surface area (Å²) in [7, 11) is 0. The average molecular weight is 595 g/mol. The lowest BCUT2D eigenvalue weighted by atomic mass is 10.1. The molecule has 1 N–H and O–H groups in total. The minimum atomic E-state index is -0.845. The zero-order chi connectivity index (χ0) is 30.2. The fourth-order valence-electron chi connectivity index (χ4n) is 5.23. The number of halogens is 2. The minimum Gasteiger partial charge on any atom is -0.442 e. The molecule has 2 saturated heterocycles. The van der Waals surface area contributed by atoms with Gasteiger partial charge in [-0.15, -0.1) is 5.10 Å². The third-order valence-corrected chi connectivity index (χ3v) is 7.33. The van der Waals surface area contributed by atoms with Gasteiger partial charge in [-0.05, 0) is 19.9 Å². The number of imidazole rings is 1. The number of amides is 3. The number of hydrogen-bond acceptors (Lipinski definition) is 9. The van der Waals surface area contributed by atoms with Crippen molar-refractivity contribution < 1.29 is 27.9 Å². The van der Waals surface area contributed by atoms with Crippen molar-refractivity contribution in [1.82, 2.24) is 39.6 Å². The summed E-state index contributed by atoms with van der Waals surface area (Å²) in [4.78, 5) is 50.6. The van der Waals surface area contributed by atoms with Gasteiger partial charge >= 0.3 is 6.09 Å². The van der Waals surface area contributed by atoms with E-state index in [0.29, 0.717) is 11.5 Å². The molecular formula is C27H28F2N10O4. The number of aryl methyl sites for hydroxylation is 1. The van der Waals surface area contributed by atoms with Gasteiger partial charge in [-0.1, -0.05) is 5.21 Å². The molecule has 2 aliphatic heterocycles. The highest BCUT2D eigenvalue weighted by molar-refractivity contribution is 5.96. The van der Waals surface area contributed by atoms with E-state index in [1.165, 1.54) is 20.9 Å². The molecule has 5 heterocycles. The van der Waals surface area contributed by atoms with Crippen molar-refractivity contribution >= 4 is 35.1 Å². The summed E-state index contributed by atoms with van der Waals surface area (Å²) in [5.74, 6) is -2.15. The van der Waals surface area contributed by atoms with Gasteiger partial charge in [-0.25, -0.2) is 28.2 Å². The van der Waals surface area contributed by atoms with Gasteiger partial charge in [0.1, 0.15) is 23.5 Å². The number of fused-ring (bicyclic) bond motifs is 1. The Labute approximate surface area is 243 Å². The van der Waals surface area contributed by atoms with Crippen LogP contribution in [0.25, 0.3) is 5.78 Å². The molecule has 0 aliphatic carbocycles. The van der Waals surface area contributed by atoms with Gasteiger partial charge in [0.2, 0.25) is 11.7 Å². The predicted octanol–water partition coefficient (Wildman–Crippen LogP) is 1.40. The maximum Gasteiger partial charge on any atom is 0.414 e. The van der Waals surface area contributed by atoms with Gasteiger partial charge in [-0.3, -0.25) is 18.9 Å². The maximum absolute atomic E-state index is 15.3. The number of rotatable bonds is 7. The van der Waals surface area contributed by atoms with Crippen molar-refractivity contribution in [2.75, 3.05) is 42.5 Å². The number of carbonyl (C=O) groups excluding carboxylic acids is 3. The van der Waals surface area contributed by atoms with Crippen molar-refractivity contribution in [2.45, 2.75) is 32.5 Å². The number of nitrogens with zero attached hydrogens (tertiary/aromatic N) is 9. The minimum absolute atomic E-state index is 0.0424. The van der Waals surface area contributed by atoms with Gasteiger partial charge in [0.25, 0.3) is 5.91 Å². The highest BCUT2D eigenvalue weighted by Crippen LogP contribution is 2.32. The highest BCUT2D eigenvalue weighted by Gasteiger charge is 2.35. The Balaban J connectivity index is 1.05. The first kappa shape index (κ1) is 28.0. The molecule has 0 radical (unpaired) electrons. The number of nitrogens with one attached hydrogen (secondary N) is 1. The normalized spacial score (nSPS) is 17.8. The second kappa shape index (κ2) is 11.3. The molecule has 0 unspecified atom stereocenters. The van der Waals surface area contributed by atoms with Crippen LogP contribution in [0.15, 0.2) is 43.0 Å². The fraction of sp³-hybridized carbons (Fsp3) is 0.370. The molecule has 3 amide bonds. The summed E-state index contributed by atoms with van der Waals surface area (Å²) in [6, 6.07) is 3.07. The number of carbonyl (C=O) groups is 3. The maximum atomic E-state index is 15.3. The Morgan fingerprint density at radius 1 is 1.14 bits per heavy atom. The largest absolute Gasteiger partial charge is 0.442 e. The van der Waals surface area contributed by atoms with E-state index in [-0.39, 0.29) is 62.2 Å². The van der Waals surface area contributed by atoms with Crippen LogP contribution < -0.4 is 15.1 Å². The fourth-order valence-corrected chi connectivity index (χ4v) is 5.23. The summed E-state index contributed by atoms with van der Waals surface area (Å²) in [6.45, 7) is 4.44. The molecule has 0 bridgehead atoms. The molecule has 224 valence electrons. The summed E-state index contributed by atoms with van der Waals surface area (Å²) in [5, 5.41) is 10.5. The van der Waals surface area contributed by atoms with Gasteiger partial charge in [0.05, 0.1) is 24.5 Å². The third kappa shape index (κ3) is 5.67. The lowest BCUT2D eigenvalue weighted by molar-refractivity contribution is -0.133. The first-order valence-electron chi connectivity index (χ1n) is 13.6. The number of aromatic nitrogens is 6. The van der Waals surface area contributed by atoms with E-state index in [0.717, 1.165) is 12.1 Å². The van der Waals surface area contributed by atoms with E-state index in [9.17, 15) is 14.4 Å². The van der Waals surface area contributed by atoms with Crippen LogP contribution in [-0.2, 0) is 16.1 Å². The molecule has 1 aromatic carbocycles. The SMILES string of the molecule is Cc1cn(C[C@H]2CN(c3cc(F)c(N4CCN(C(=O)[C@H](C)NC(=O)c5cn6cccnc6n5)CC4)c(F)c3)C(=O)O2)nn1. The molecule has 2 fully saturated rings. The highest BCUT2D eigenvalue weighted by atomic mass is 19.1. The van der Waals surface area contributed by atoms with Crippen LogP contribution in [0.3, 0.4) is 0 Å². The summed E-state index contributed by atoms with van der Waals surface area (Å²) in [6.07, 6.45) is 5.22. The molecule has 0 saturated carbocycles. The van der Waals surface area contributed by atoms with Crippen LogP contribution in [0.1, 0.15) is 23.1 Å². The number of piperazine rings is 1. The Kier molecular flexibility index (Phi) is 7.33. The van der Waals surface area contributed by atoms with E-state index in [2.05, 4.69) is 25.6 Å². The van der Waals surface area contributed by atoms with E-state index in [4.69, 9.17) is 4.74 Å². The zero-order valence-corrected chi connectivity index (χ0v) is 23.4. The Bertz CT molecular complexity index is 1640. The van der Waals surface area contributed by atoms with Crippen LogP contribution in [0, 0.1) is 18.6 Å². The van der Waals surface area contributed by atoms with Gasteiger partial charge in [-0.2, -0.15) is 0 Å². The molecule has 43 heavy (non-hydrogen) atoms. The van der Waals surface area contributed by atoms with Gasteiger partial charge in [0, 0.05) is 63.1 Å². The molecule has 16 heteroatoms. The third-order valence-electron chi connectivity index (χ3n) is 7.33. The summed E-state index contributed by atoms with van der Waals surface area (Å²) < 4.78 is 39.0. The Morgan fingerprint density at radius 2 is 1.88 bits per heavy atom. The van der Waals surface area contributed by atoms with Crippen molar-refractivity contribution in [3.05, 3.63) is 66.0 Å². The van der Waals surface area contributed by atoms with Crippen LogP contribution in [-0.4, -0.2) is 97.0 Å². The van der Waals surface area contributed by atoms with E-state index in [1.54, 1.807) is 47.6 Å². The standard InChI is InChI=1S/C27H28F2N10O4/c1-16-12-38(34-33-16)13-19-14-39(27(42)43-19)18-10-20(28)23(21(29)11-18)35-6-8-36(9-7-35)25(41)17(2)31-24(40)22-15-37-5-3-4-30-26(37)32-22/h3-5,10-12,15,17,19H,6-9,13-14H2,1-2H3,(H,31,40)/t17-,19-/m0/s1. The second-order valence-electron chi connectivity index (χ2n) is 10.4. The van der Waals surface area contributed by atoms with Crippen molar-refractivity contribution in [1.29, 1.82) is 0 Å². The molecule has 2 aliphatic rings. The molecule has 2 atom stereocenters. The number of cyclic esters (lactones) is 1. The number of anilines is 2. The molecular weight excluding hydrogens is 566 g/mol. The van der Waals surface area contributed by atoms with E-state index < -0.39 is 35.8 Å². The van der Waals surface area contributed by atoms with E-state index >= 15 is 8.78 Å².